The van der Waals surface area contributed by atoms with Gasteiger partial charge in [0.2, 0.25) is 0 Å². The van der Waals surface area contributed by atoms with Crippen LogP contribution < -0.4 is 19.7 Å². The number of carbonyl (C=O) groups excluding carboxylic acids is 1. The molecule has 340 valence electrons. The van der Waals surface area contributed by atoms with Crippen LogP contribution in [0.25, 0.3) is 11.0 Å². The van der Waals surface area contributed by atoms with Crippen LogP contribution in [0.2, 0.25) is 0 Å². The monoisotopic (exact) mass is 891 g/mol. The first kappa shape index (κ1) is 42.9. The highest BCUT2D eigenvalue weighted by Crippen LogP contribution is 2.65. The number of rotatable bonds is 13. The lowest BCUT2D eigenvalue weighted by Crippen LogP contribution is -2.47. The number of nitro benzene ring substituents is 1. The van der Waals surface area contributed by atoms with Crippen LogP contribution in [0.4, 0.5) is 17.1 Å². The fourth-order valence-electron chi connectivity index (χ4n) is 12.2. The Balaban J connectivity index is 0.841. The van der Waals surface area contributed by atoms with Gasteiger partial charge < -0.3 is 24.7 Å². The van der Waals surface area contributed by atoms with Crippen molar-refractivity contribution in [1.82, 2.24) is 19.6 Å². The Morgan fingerprint density at radius 1 is 0.984 bits per heavy atom. The first-order valence-corrected chi connectivity index (χ1v) is 24.7. The Morgan fingerprint density at radius 2 is 1.77 bits per heavy atom. The molecule has 2 bridgehead atoms. The minimum Gasteiger partial charge on any atom is -0.455 e. The van der Waals surface area contributed by atoms with E-state index >= 15 is 0 Å². The molecule has 2 aliphatic heterocycles. The Bertz CT molecular complexity index is 2600. The number of amides is 1. The lowest BCUT2D eigenvalue weighted by atomic mass is 9.58. The van der Waals surface area contributed by atoms with Gasteiger partial charge in [-0.2, -0.15) is 0 Å². The molecule has 11 rings (SSSR count). The summed E-state index contributed by atoms with van der Waals surface area (Å²) in [5.41, 5.74) is 6.05. The second-order valence-corrected chi connectivity index (χ2v) is 22.7. The van der Waals surface area contributed by atoms with Crippen molar-refractivity contribution < 1.29 is 27.6 Å². The SMILES string of the molecule is CC1(C)CCC(CN2CCN(c3ccc(C(=O)NS(=O)(=O)c4ccc(NCC5CC6(CCOCC6)C5)c([N+](=O)[O-])c4)c(Oc4cnc5[nH]ccc5c4)c3)CC2)=C([C@@H]2CC3(C)CC2C3)C1. The number of nitro groups is 1. The summed E-state index contributed by atoms with van der Waals surface area (Å²) in [5.74, 6) is 1.61. The average Bonchev–Trinajstić information content (AvgIpc) is 3.96. The third-order valence-electron chi connectivity index (χ3n) is 15.7. The molecule has 15 heteroatoms. The maximum absolute atomic E-state index is 14.0. The highest BCUT2D eigenvalue weighted by Gasteiger charge is 2.54. The first-order chi connectivity index (χ1) is 30.6. The highest BCUT2D eigenvalue weighted by atomic mass is 32.2. The van der Waals surface area contributed by atoms with Gasteiger partial charge in [0.25, 0.3) is 21.6 Å². The first-order valence-electron chi connectivity index (χ1n) is 23.2. The molecular formula is C49H61N7O7S. The summed E-state index contributed by atoms with van der Waals surface area (Å²) in [6.45, 7) is 13.8. The number of fused-ring (bicyclic) bond motifs is 2. The van der Waals surface area contributed by atoms with Gasteiger partial charge in [0.15, 0.2) is 0 Å². The van der Waals surface area contributed by atoms with Gasteiger partial charge in [-0.05, 0) is 135 Å². The quantitative estimate of drug-likeness (QED) is 0.0664. The van der Waals surface area contributed by atoms with Crippen molar-refractivity contribution in [2.24, 2.45) is 34.0 Å². The van der Waals surface area contributed by atoms with Crippen molar-refractivity contribution in [2.75, 3.05) is 62.7 Å². The molecule has 2 aromatic heterocycles. The molecule has 4 saturated carbocycles. The standard InChI is InChI=1S/C49H61N7O7S/c1-47(2)10-8-34(40(27-47)41-28-48(3)25-35(41)26-48)31-54-14-16-55(17-15-54)36-4-6-39(44(21-36)63-37-20-33-9-13-50-45(33)52-30-37)46(57)53-64(60,61)38-5-7-42(43(22-38)56(58)59)51-29-32-23-49(24-32)11-18-62-19-12-49/h4-7,9,13,20-22,30,32,35,41,51H,8,10-12,14-19,23-29,31H2,1-3H3,(H,50,52)(H,53,57)/t35?,41-,48?/m1/s1. The van der Waals surface area contributed by atoms with Crippen LogP contribution in [0.3, 0.4) is 0 Å². The van der Waals surface area contributed by atoms with Gasteiger partial charge in [-0.15, -0.1) is 0 Å². The van der Waals surface area contributed by atoms with Gasteiger partial charge in [0, 0.05) is 81.9 Å². The van der Waals surface area contributed by atoms with Crippen LogP contribution in [-0.4, -0.2) is 86.6 Å². The molecule has 1 atom stereocenters. The van der Waals surface area contributed by atoms with Crippen LogP contribution >= 0.6 is 0 Å². The third-order valence-corrected chi connectivity index (χ3v) is 17.0. The van der Waals surface area contributed by atoms with Gasteiger partial charge in [0.1, 0.15) is 22.8 Å². The minimum absolute atomic E-state index is 0.00549. The number of sulfonamides is 1. The molecule has 0 unspecified atom stereocenters. The molecule has 5 aliphatic carbocycles. The molecule has 3 N–H and O–H groups in total. The Labute approximate surface area is 375 Å². The van der Waals surface area contributed by atoms with Crippen molar-refractivity contribution in [3.05, 3.63) is 87.7 Å². The van der Waals surface area contributed by atoms with Crippen LogP contribution in [0.5, 0.6) is 11.5 Å². The number of piperazine rings is 1. The predicted octanol–water partition coefficient (Wildman–Crippen LogP) is 9.07. The lowest BCUT2D eigenvalue weighted by Gasteiger charge is -2.50. The number of nitrogens with one attached hydrogen (secondary N) is 3. The molecule has 6 fully saturated rings. The number of allylic oxidation sites excluding steroid dienone is 1. The summed E-state index contributed by atoms with van der Waals surface area (Å²) in [5, 5.41) is 16.2. The topological polar surface area (TPSA) is 172 Å². The summed E-state index contributed by atoms with van der Waals surface area (Å²) in [6, 6.07) is 12.5. The summed E-state index contributed by atoms with van der Waals surface area (Å²) in [7, 11) is -4.54. The van der Waals surface area contributed by atoms with E-state index in [0.29, 0.717) is 40.1 Å². The van der Waals surface area contributed by atoms with Gasteiger partial charge in [-0.3, -0.25) is 19.8 Å². The molecule has 14 nitrogen and oxygen atoms in total. The maximum Gasteiger partial charge on any atom is 0.293 e. The van der Waals surface area contributed by atoms with Crippen molar-refractivity contribution in [3.8, 4) is 11.5 Å². The number of H-pyrrole nitrogens is 1. The molecule has 2 saturated heterocycles. The Morgan fingerprint density at radius 3 is 2.50 bits per heavy atom. The fourth-order valence-corrected chi connectivity index (χ4v) is 13.2. The van der Waals surface area contributed by atoms with Gasteiger partial charge in [0.05, 0.1) is 21.6 Å². The second kappa shape index (κ2) is 16.5. The predicted molar refractivity (Wildman–Crippen MR) is 246 cm³/mol. The number of pyridine rings is 1. The molecule has 7 aliphatic rings. The number of ether oxygens (including phenoxy) is 2. The van der Waals surface area contributed by atoms with Crippen molar-refractivity contribution in [1.29, 1.82) is 0 Å². The Hall–Kier alpha value is -4.99. The van der Waals surface area contributed by atoms with Gasteiger partial charge in [-0.1, -0.05) is 31.9 Å². The number of aromatic amines is 1. The summed E-state index contributed by atoms with van der Waals surface area (Å²) < 4.78 is 41.6. The van der Waals surface area contributed by atoms with E-state index in [1.54, 1.807) is 41.7 Å². The summed E-state index contributed by atoms with van der Waals surface area (Å²) in [6.07, 6.45) is 15.2. The van der Waals surface area contributed by atoms with Crippen LogP contribution in [0.15, 0.2) is 77.0 Å². The smallest absolute Gasteiger partial charge is 0.293 e. The summed E-state index contributed by atoms with van der Waals surface area (Å²) >= 11 is 0. The van der Waals surface area contributed by atoms with Crippen molar-refractivity contribution >= 4 is 44.0 Å². The number of aromatic nitrogens is 2. The molecule has 4 heterocycles. The molecule has 64 heavy (non-hydrogen) atoms. The van der Waals surface area contributed by atoms with E-state index in [0.717, 1.165) is 101 Å². The van der Waals surface area contributed by atoms with Gasteiger partial charge in [-0.25, -0.2) is 18.1 Å². The summed E-state index contributed by atoms with van der Waals surface area (Å²) in [4.78, 5) is 37.6. The van der Waals surface area contributed by atoms with E-state index in [9.17, 15) is 23.3 Å². The van der Waals surface area contributed by atoms with Gasteiger partial charge >= 0.3 is 0 Å². The molecule has 4 aromatic rings. The molecule has 1 amide bonds. The number of benzene rings is 2. The number of hydrogen-bond donors (Lipinski definition) is 3. The van der Waals surface area contributed by atoms with Crippen LogP contribution in [-0.2, 0) is 14.8 Å². The third kappa shape index (κ3) is 8.62. The second-order valence-electron chi connectivity index (χ2n) is 21.0. The number of hydrogen-bond acceptors (Lipinski definition) is 11. The normalized spacial score (nSPS) is 25.5. The van der Waals surface area contributed by atoms with E-state index in [1.807, 2.05) is 12.1 Å². The van der Waals surface area contributed by atoms with Crippen LogP contribution in [0, 0.1) is 44.1 Å². The van der Waals surface area contributed by atoms with E-state index in [4.69, 9.17) is 9.47 Å². The maximum atomic E-state index is 14.0. The molecule has 0 radical (unpaired) electrons. The zero-order valence-corrected chi connectivity index (χ0v) is 38.1. The number of carbonyl (C=O) groups is 1. The zero-order chi connectivity index (χ0) is 44.4. The van der Waals surface area contributed by atoms with E-state index in [2.05, 4.69) is 50.6 Å². The number of anilines is 2. The largest absolute Gasteiger partial charge is 0.455 e. The zero-order valence-electron chi connectivity index (χ0n) is 37.3. The average molecular weight is 892 g/mol. The van der Waals surface area contributed by atoms with E-state index < -0.39 is 25.7 Å². The van der Waals surface area contributed by atoms with Crippen molar-refractivity contribution in [3.63, 3.8) is 0 Å². The molecule has 2 aromatic carbocycles. The molecular weight excluding hydrogens is 831 g/mol. The van der Waals surface area contributed by atoms with Crippen LogP contribution in [0.1, 0.15) is 95.3 Å². The fraction of sp³-hybridized carbons (Fsp3) is 0.551. The van der Waals surface area contributed by atoms with E-state index in [-0.39, 0.29) is 22.7 Å². The van der Waals surface area contributed by atoms with Crippen molar-refractivity contribution in [2.45, 2.75) is 89.9 Å². The van der Waals surface area contributed by atoms with E-state index in [1.165, 1.54) is 50.7 Å². The molecule has 1 spiro atoms. The highest BCUT2D eigenvalue weighted by molar-refractivity contribution is 7.90. The Kier molecular flexibility index (Phi) is 11.0. The number of nitrogens with zero attached hydrogens (tertiary/aromatic N) is 4. The minimum atomic E-state index is -4.54. The lowest BCUT2D eigenvalue weighted by molar-refractivity contribution is -0.384.